The number of nitrogens with zero attached hydrogens (tertiary/aromatic N) is 1. The summed E-state index contributed by atoms with van der Waals surface area (Å²) in [6.45, 7) is 5.71. The van der Waals surface area contributed by atoms with Crippen molar-refractivity contribution in [3.05, 3.63) is 29.3 Å². The van der Waals surface area contributed by atoms with Crippen molar-refractivity contribution in [2.75, 3.05) is 18.4 Å². The molecular weight excluding hydrogens is 244 g/mol. The second-order valence-corrected chi connectivity index (χ2v) is 5.38. The molecule has 2 N–H and O–H groups in total. The number of thiocarbonyl (C=S) groups is 1. The lowest BCUT2D eigenvalue weighted by atomic mass is 10.1. The molecule has 1 aliphatic rings. The van der Waals surface area contributed by atoms with Crippen LogP contribution < -0.4 is 5.32 Å². The highest BCUT2D eigenvalue weighted by Crippen LogP contribution is 2.18. The molecule has 18 heavy (non-hydrogen) atoms. The van der Waals surface area contributed by atoms with Gasteiger partial charge in [-0.1, -0.05) is 17.7 Å². The number of likely N-dealkylation sites (tertiary alicyclic amines) is 1. The second-order valence-electron chi connectivity index (χ2n) is 4.99. The molecule has 2 rings (SSSR count). The Labute approximate surface area is 114 Å². The lowest BCUT2D eigenvalue weighted by Gasteiger charge is -2.32. The number of rotatable bonds is 1. The number of hydrogen-bond acceptors (Lipinski definition) is 2. The van der Waals surface area contributed by atoms with Gasteiger partial charge in [-0.25, -0.2) is 0 Å². The molecule has 0 radical (unpaired) electrons. The molecular formula is C14H20N2OS. The Morgan fingerprint density at radius 3 is 2.89 bits per heavy atom. The van der Waals surface area contributed by atoms with Gasteiger partial charge in [0.1, 0.15) is 0 Å². The van der Waals surface area contributed by atoms with Gasteiger partial charge in [-0.2, -0.15) is 0 Å². The maximum Gasteiger partial charge on any atom is 0.173 e. The highest BCUT2D eigenvalue weighted by molar-refractivity contribution is 7.80. The lowest BCUT2D eigenvalue weighted by molar-refractivity contribution is 0.104. The zero-order chi connectivity index (χ0) is 13.1. The predicted molar refractivity (Wildman–Crippen MR) is 79.0 cm³/mol. The van der Waals surface area contributed by atoms with Gasteiger partial charge in [-0.3, -0.25) is 0 Å². The fourth-order valence-corrected chi connectivity index (χ4v) is 2.56. The fraction of sp³-hybridized carbons (Fsp3) is 0.500. The van der Waals surface area contributed by atoms with Crippen molar-refractivity contribution >= 4 is 23.0 Å². The van der Waals surface area contributed by atoms with Crippen molar-refractivity contribution in [3.63, 3.8) is 0 Å². The summed E-state index contributed by atoms with van der Waals surface area (Å²) in [6, 6.07) is 6.26. The normalized spacial score (nSPS) is 19.7. The highest BCUT2D eigenvalue weighted by Gasteiger charge is 2.19. The third-order valence-corrected chi connectivity index (χ3v) is 3.67. The Hall–Kier alpha value is -1.13. The van der Waals surface area contributed by atoms with Crippen LogP contribution in [0.4, 0.5) is 5.69 Å². The summed E-state index contributed by atoms with van der Waals surface area (Å²) in [5, 5.41) is 13.6. The number of β-amino-alcohol motifs (C(OH)–C–C–N with tert-alkyl or cyclic N) is 1. The molecule has 0 bridgehead atoms. The van der Waals surface area contributed by atoms with E-state index in [1.54, 1.807) is 0 Å². The molecule has 1 aromatic carbocycles. The van der Waals surface area contributed by atoms with Crippen LogP contribution in [-0.4, -0.2) is 34.3 Å². The van der Waals surface area contributed by atoms with Gasteiger partial charge in [0.05, 0.1) is 6.10 Å². The van der Waals surface area contributed by atoms with E-state index in [0.29, 0.717) is 11.7 Å². The van der Waals surface area contributed by atoms with Gasteiger partial charge < -0.3 is 15.3 Å². The van der Waals surface area contributed by atoms with Crippen LogP contribution in [0.5, 0.6) is 0 Å². The molecule has 0 amide bonds. The largest absolute Gasteiger partial charge is 0.391 e. The number of aryl methyl sites for hydroxylation is 2. The Bertz CT molecular complexity index is 447. The van der Waals surface area contributed by atoms with Crippen molar-refractivity contribution in [1.82, 2.24) is 4.90 Å². The van der Waals surface area contributed by atoms with Crippen LogP contribution in [0.15, 0.2) is 18.2 Å². The van der Waals surface area contributed by atoms with Crippen LogP contribution in [0.3, 0.4) is 0 Å². The molecule has 1 saturated heterocycles. The molecule has 0 aromatic heterocycles. The minimum Gasteiger partial charge on any atom is -0.391 e. The maximum atomic E-state index is 9.66. The first kappa shape index (κ1) is 13.3. The van der Waals surface area contributed by atoms with E-state index in [1.165, 1.54) is 11.1 Å². The van der Waals surface area contributed by atoms with E-state index < -0.39 is 0 Å². The Morgan fingerprint density at radius 1 is 1.44 bits per heavy atom. The van der Waals surface area contributed by atoms with Crippen LogP contribution in [-0.2, 0) is 0 Å². The minimum absolute atomic E-state index is 0.252. The molecule has 1 aliphatic heterocycles. The van der Waals surface area contributed by atoms with Gasteiger partial charge in [0.25, 0.3) is 0 Å². The van der Waals surface area contributed by atoms with E-state index in [1.807, 2.05) is 4.90 Å². The quantitative estimate of drug-likeness (QED) is 0.764. The molecule has 0 aliphatic carbocycles. The molecule has 4 heteroatoms. The van der Waals surface area contributed by atoms with Gasteiger partial charge >= 0.3 is 0 Å². The zero-order valence-electron chi connectivity index (χ0n) is 10.9. The van der Waals surface area contributed by atoms with E-state index >= 15 is 0 Å². The van der Waals surface area contributed by atoms with Crippen LogP contribution in [0, 0.1) is 13.8 Å². The average molecular weight is 264 g/mol. The van der Waals surface area contributed by atoms with E-state index in [4.69, 9.17) is 12.2 Å². The first-order valence-electron chi connectivity index (χ1n) is 6.37. The van der Waals surface area contributed by atoms with Gasteiger partial charge in [-0.05, 0) is 50.5 Å². The van der Waals surface area contributed by atoms with Crippen molar-refractivity contribution in [3.8, 4) is 0 Å². The first-order valence-corrected chi connectivity index (χ1v) is 6.78. The van der Waals surface area contributed by atoms with Crippen molar-refractivity contribution in [1.29, 1.82) is 0 Å². The second kappa shape index (κ2) is 5.67. The summed E-state index contributed by atoms with van der Waals surface area (Å²) in [6.07, 6.45) is 1.62. The van der Waals surface area contributed by atoms with E-state index in [-0.39, 0.29) is 6.10 Å². The molecule has 0 unspecified atom stereocenters. The van der Waals surface area contributed by atoms with Crippen molar-refractivity contribution in [2.24, 2.45) is 0 Å². The number of anilines is 1. The summed E-state index contributed by atoms with van der Waals surface area (Å²) in [5.41, 5.74) is 3.48. The van der Waals surface area contributed by atoms with Gasteiger partial charge in [0, 0.05) is 18.8 Å². The van der Waals surface area contributed by atoms with Gasteiger partial charge in [0.2, 0.25) is 0 Å². The van der Waals surface area contributed by atoms with Gasteiger partial charge in [0.15, 0.2) is 5.11 Å². The van der Waals surface area contributed by atoms with Crippen LogP contribution in [0.2, 0.25) is 0 Å². The number of aliphatic hydroxyl groups excluding tert-OH is 1. The summed E-state index contributed by atoms with van der Waals surface area (Å²) in [5.74, 6) is 0. The van der Waals surface area contributed by atoms with Crippen molar-refractivity contribution in [2.45, 2.75) is 32.8 Å². The minimum atomic E-state index is -0.252. The molecule has 1 aromatic rings. The standard InChI is InChI=1S/C14H20N2OS/c1-10-5-6-13(11(2)8-10)15-14(18)16-7-3-4-12(17)9-16/h5-6,8,12,17H,3-4,7,9H2,1-2H3,(H,15,18)/t12-/m1/s1. The summed E-state index contributed by atoms with van der Waals surface area (Å²) < 4.78 is 0. The third kappa shape index (κ3) is 3.21. The molecule has 1 fully saturated rings. The first-order chi connectivity index (χ1) is 8.56. The zero-order valence-corrected chi connectivity index (χ0v) is 11.8. The van der Waals surface area contributed by atoms with Crippen molar-refractivity contribution < 1.29 is 5.11 Å². The van der Waals surface area contributed by atoms with Gasteiger partial charge in [-0.15, -0.1) is 0 Å². The van der Waals surface area contributed by atoms with E-state index in [9.17, 15) is 5.11 Å². The molecule has 0 saturated carbocycles. The summed E-state index contributed by atoms with van der Waals surface area (Å²) in [4.78, 5) is 2.04. The number of piperidine rings is 1. The molecule has 1 atom stereocenters. The highest BCUT2D eigenvalue weighted by atomic mass is 32.1. The van der Waals surface area contributed by atoms with Crippen LogP contribution in [0.25, 0.3) is 0 Å². The maximum absolute atomic E-state index is 9.66. The number of aliphatic hydroxyl groups is 1. The SMILES string of the molecule is Cc1ccc(NC(=S)N2CCC[C@@H](O)C2)c(C)c1. The Morgan fingerprint density at radius 2 is 2.22 bits per heavy atom. The monoisotopic (exact) mass is 264 g/mol. The van der Waals surface area contributed by atoms with E-state index in [0.717, 1.165) is 25.1 Å². The third-order valence-electron chi connectivity index (χ3n) is 3.31. The predicted octanol–water partition coefficient (Wildman–Crippen LogP) is 2.46. The molecule has 1 heterocycles. The summed E-state index contributed by atoms with van der Waals surface area (Å²) >= 11 is 5.41. The Balaban J connectivity index is 2.02. The van der Waals surface area contributed by atoms with E-state index in [2.05, 4.69) is 37.4 Å². The number of nitrogens with one attached hydrogen (secondary N) is 1. The Kier molecular flexibility index (Phi) is 4.19. The molecule has 0 spiro atoms. The van der Waals surface area contributed by atoms with Crippen LogP contribution >= 0.6 is 12.2 Å². The number of benzene rings is 1. The average Bonchev–Trinajstić information content (AvgIpc) is 2.32. The number of hydrogen-bond donors (Lipinski definition) is 2. The molecule has 98 valence electrons. The summed E-state index contributed by atoms with van der Waals surface area (Å²) in [7, 11) is 0. The molecule has 3 nitrogen and oxygen atoms in total. The smallest absolute Gasteiger partial charge is 0.173 e. The topological polar surface area (TPSA) is 35.5 Å². The fourth-order valence-electron chi connectivity index (χ4n) is 2.29. The lowest BCUT2D eigenvalue weighted by Crippen LogP contribution is -2.44. The van der Waals surface area contributed by atoms with Crippen LogP contribution in [0.1, 0.15) is 24.0 Å².